The van der Waals surface area contributed by atoms with Crippen LogP contribution in [0.25, 0.3) is 0 Å². The summed E-state index contributed by atoms with van der Waals surface area (Å²) in [6.07, 6.45) is 3.82. The van der Waals surface area contributed by atoms with Crippen LogP contribution >= 0.6 is 0 Å². The van der Waals surface area contributed by atoms with Gasteiger partial charge in [0, 0.05) is 30.2 Å². The van der Waals surface area contributed by atoms with Crippen molar-refractivity contribution in [3.8, 4) is 11.5 Å². The standard InChI is InChI=1S/C21H20N2O6/c22-19(25)13-3-5-14(6-4-13)20(26)27-12-18(24)23-15-7-8-16-17(11-15)29-21(28-16)9-1-2-10-21/h3-8,11H,1-2,9-10,12H2,(H2,22,25)(H,23,24). The highest BCUT2D eigenvalue weighted by atomic mass is 16.7. The molecule has 4 rings (SSSR count). The number of esters is 1. The van der Waals surface area contributed by atoms with Crippen LogP contribution in [0.15, 0.2) is 42.5 Å². The highest BCUT2D eigenvalue weighted by Crippen LogP contribution is 2.47. The third-order valence-electron chi connectivity index (χ3n) is 4.92. The van der Waals surface area contributed by atoms with Crippen molar-refractivity contribution in [1.29, 1.82) is 0 Å². The summed E-state index contributed by atoms with van der Waals surface area (Å²) in [5, 5.41) is 2.67. The quantitative estimate of drug-likeness (QED) is 0.751. The maximum Gasteiger partial charge on any atom is 0.338 e. The Bertz CT molecular complexity index is 964. The van der Waals surface area contributed by atoms with E-state index in [-0.39, 0.29) is 11.1 Å². The molecule has 150 valence electrons. The molecule has 0 unspecified atom stereocenters. The molecule has 2 aliphatic rings. The van der Waals surface area contributed by atoms with Gasteiger partial charge in [-0.2, -0.15) is 0 Å². The van der Waals surface area contributed by atoms with Gasteiger partial charge in [0.15, 0.2) is 18.1 Å². The van der Waals surface area contributed by atoms with Crippen molar-refractivity contribution in [2.75, 3.05) is 11.9 Å². The number of primary amides is 1. The van der Waals surface area contributed by atoms with Crippen LogP contribution < -0.4 is 20.5 Å². The Balaban J connectivity index is 1.31. The number of rotatable bonds is 5. The molecule has 0 radical (unpaired) electrons. The minimum Gasteiger partial charge on any atom is -0.452 e. The van der Waals surface area contributed by atoms with Crippen molar-refractivity contribution in [2.45, 2.75) is 31.5 Å². The van der Waals surface area contributed by atoms with Crippen LogP contribution in [-0.2, 0) is 9.53 Å². The highest BCUT2D eigenvalue weighted by molar-refractivity contribution is 5.97. The van der Waals surface area contributed by atoms with E-state index in [2.05, 4.69) is 5.32 Å². The number of hydrogen-bond acceptors (Lipinski definition) is 6. The molecule has 1 aliphatic carbocycles. The van der Waals surface area contributed by atoms with Crippen molar-refractivity contribution >= 4 is 23.5 Å². The fraction of sp³-hybridized carbons (Fsp3) is 0.286. The smallest absolute Gasteiger partial charge is 0.338 e. The molecule has 0 bridgehead atoms. The zero-order valence-electron chi connectivity index (χ0n) is 15.6. The molecule has 8 heteroatoms. The van der Waals surface area contributed by atoms with Gasteiger partial charge in [0.1, 0.15) is 0 Å². The number of carbonyl (C=O) groups excluding carboxylic acids is 3. The average Bonchev–Trinajstić information content (AvgIpc) is 3.31. The number of carbonyl (C=O) groups is 3. The van der Waals surface area contributed by atoms with Gasteiger partial charge in [-0.05, 0) is 49.2 Å². The normalized spacial score (nSPS) is 15.9. The lowest BCUT2D eigenvalue weighted by Gasteiger charge is -2.21. The molecule has 1 heterocycles. The van der Waals surface area contributed by atoms with Crippen LogP contribution in [0.3, 0.4) is 0 Å². The van der Waals surface area contributed by atoms with Gasteiger partial charge in [0.25, 0.3) is 11.7 Å². The Kier molecular flexibility index (Phi) is 4.84. The Labute approximate surface area is 166 Å². The first-order chi connectivity index (χ1) is 13.9. The maximum atomic E-state index is 12.1. The Morgan fingerprint density at radius 3 is 2.31 bits per heavy atom. The first-order valence-electron chi connectivity index (χ1n) is 9.33. The van der Waals surface area contributed by atoms with E-state index in [1.807, 2.05) is 0 Å². The minimum atomic E-state index is -0.676. The van der Waals surface area contributed by atoms with Crippen LogP contribution in [0.1, 0.15) is 46.4 Å². The van der Waals surface area contributed by atoms with E-state index in [0.717, 1.165) is 25.7 Å². The summed E-state index contributed by atoms with van der Waals surface area (Å²) < 4.78 is 16.9. The minimum absolute atomic E-state index is 0.216. The van der Waals surface area contributed by atoms with Gasteiger partial charge >= 0.3 is 5.97 Å². The molecule has 1 aliphatic heterocycles. The predicted molar refractivity (Wildman–Crippen MR) is 103 cm³/mol. The molecule has 1 fully saturated rings. The zero-order chi connectivity index (χ0) is 20.4. The number of nitrogens with two attached hydrogens (primary N) is 1. The molecular formula is C21H20N2O6. The number of hydrogen-bond donors (Lipinski definition) is 2. The predicted octanol–water partition coefficient (Wildman–Crippen LogP) is 2.62. The van der Waals surface area contributed by atoms with E-state index in [1.54, 1.807) is 18.2 Å². The van der Waals surface area contributed by atoms with Crippen LogP contribution in [0, 0.1) is 0 Å². The van der Waals surface area contributed by atoms with Crippen molar-refractivity contribution in [1.82, 2.24) is 0 Å². The van der Waals surface area contributed by atoms with E-state index in [4.69, 9.17) is 19.9 Å². The molecule has 0 saturated heterocycles. The monoisotopic (exact) mass is 396 g/mol. The summed E-state index contributed by atoms with van der Waals surface area (Å²) in [5.41, 5.74) is 6.17. The lowest BCUT2D eigenvalue weighted by Crippen LogP contribution is -2.34. The van der Waals surface area contributed by atoms with Gasteiger partial charge in [0.05, 0.1) is 5.56 Å². The fourth-order valence-corrected chi connectivity index (χ4v) is 3.47. The van der Waals surface area contributed by atoms with Crippen LogP contribution in [0.4, 0.5) is 5.69 Å². The second kappa shape index (κ2) is 7.46. The van der Waals surface area contributed by atoms with Crippen molar-refractivity contribution in [2.24, 2.45) is 5.73 Å². The lowest BCUT2D eigenvalue weighted by atomic mass is 10.1. The van der Waals surface area contributed by atoms with E-state index in [9.17, 15) is 14.4 Å². The summed E-state index contributed by atoms with van der Waals surface area (Å²) in [4.78, 5) is 35.2. The van der Waals surface area contributed by atoms with E-state index in [0.29, 0.717) is 17.2 Å². The van der Waals surface area contributed by atoms with Crippen LogP contribution in [0.5, 0.6) is 11.5 Å². The molecule has 0 atom stereocenters. The van der Waals surface area contributed by atoms with E-state index in [1.165, 1.54) is 24.3 Å². The third kappa shape index (κ3) is 4.01. The van der Waals surface area contributed by atoms with Crippen LogP contribution in [-0.4, -0.2) is 30.2 Å². The van der Waals surface area contributed by atoms with Crippen LogP contribution in [0.2, 0.25) is 0 Å². The first kappa shape index (κ1) is 18.8. The molecule has 29 heavy (non-hydrogen) atoms. The number of benzene rings is 2. The summed E-state index contributed by atoms with van der Waals surface area (Å²) in [6.45, 7) is -0.450. The van der Waals surface area contributed by atoms with Gasteiger partial charge in [-0.25, -0.2) is 4.79 Å². The molecule has 3 N–H and O–H groups in total. The largest absolute Gasteiger partial charge is 0.452 e. The molecule has 2 amide bonds. The summed E-state index contributed by atoms with van der Waals surface area (Å²) in [5.74, 6) is -1.06. The first-order valence-corrected chi connectivity index (χ1v) is 9.33. The van der Waals surface area contributed by atoms with Gasteiger partial charge in [0.2, 0.25) is 5.91 Å². The Morgan fingerprint density at radius 2 is 1.62 bits per heavy atom. The van der Waals surface area contributed by atoms with Gasteiger partial charge in [-0.3, -0.25) is 9.59 Å². The second-order valence-corrected chi connectivity index (χ2v) is 7.05. The van der Waals surface area contributed by atoms with E-state index < -0.39 is 30.2 Å². The number of amides is 2. The number of ether oxygens (including phenoxy) is 3. The van der Waals surface area contributed by atoms with Crippen molar-refractivity contribution in [3.05, 3.63) is 53.6 Å². The van der Waals surface area contributed by atoms with Gasteiger partial charge < -0.3 is 25.3 Å². The third-order valence-corrected chi connectivity index (χ3v) is 4.92. The molecular weight excluding hydrogens is 376 g/mol. The SMILES string of the molecule is NC(=O)c1ccc(C(=O)OCC(=O)Nc2ccc3c(c2)OC2(CCCC2)O3)cc1. The molecule has 2 aromatic rings. The molecule has 1 saturated carbocycles. The number of fused-ring (bicyclic) bond motifs is 1. The van der Waals surface area contributed by atoms with Gasteiger partial charge in [-0.1, -0.05) is 0 Å². The molecule has 1 spiro atoms. The summed E-state index contributed by atoms with van der Waals surface area (Å²) in [6, 6.07) is 10.8. The fourth-order valence-electron chi connectivity index (χ4n) is 3.47. The molecule has 0 aromatic heterocycles. The maximum absolute atomic E-state index is 12.1. The number of anilines is 1. The molecule has 8 nitrogen and oxygen atoms in total. The summed E-state index contributed by atoms with van der Waals surface area (Å²) in [7, 11) is 0. The second-order valence-electron chi connectivity index (χ2n) is 7.05. The zero-order valence-corrected chi connectivity index (χ0v) is 15.6. The number of nitrogens with one attached hydrogen (secondary N) is 1. The Hall–Kier alpha value is -3.55. The topological polar surface area (TPSA) is 117 Å². The molecule has 2 aromatic carbocycles. The Morgan fingerprint density at radius 1 is 0.966 bits per heavy atom. The van der Waals surface area contributed by atoms with Gasteiger partial charge in [-0.15, -0.1) is 0 Å². The highest BCUT2D eigenvalue weighted by Gasteiger charge is 2.44. The average molecular weight is 396 g/mol. The van der Waals surface area contributed by atoms with E-state index >= 15 is 0 Å². The lowest BCUT2D eigenvalue weighted by molar-refractivity contribution is -0.119. The summed E-state index contributed by atoms with van der Waals surface area (Å²) >= 11 is 0. The van der Waals surface area contributed by atoms with Crippen molar-refractivity contribution in [3.63, 3.8) is 0 Å². The van der Waals surface area contributed by atoms with Crippen molar-refractivity contribution < 1.29 is 28.6 Å².